The van der Waals surface area contributed by atoms with Gasteiger partial charge in [-0.3, -0.25) is 9.59 Å². The maximum Gasteiger partial charge on any atom is 0.267 e. The largest absolute Gasteiger partial charge is 0.478 e. The number of rotatable bonds is 5. The number of carbonyl (C=O) groups excluding carboxylic acids is 2. The standard InChI is InChI=1S/C23H27ClN2O3S/c1-22(2,3)26-20(27)19-17(24)15-12-9-13-16(18(15)30-19)25-21(28)23(4,5)29-14-10-7-6-8-11-14/h6-13,15,18H,1-5H3,(H,25,28)(H,26,27). The monoisotopic (exact) mass is 446 g/mol. The molecule has 2 atom stereocenters. The molecule has 0 saturated carbocycles. The van der Waals surface area contributed by atoms with Crippen molar-refractivity contribution in [2.75, 3.05) is 0 Å². The number of benzene rings is 1. The Morgan fingerprint density at radius 2 is 1.77 bits per heavy atom. The van der Waals surface area contributed by atoms with E-state index in [4.69, 9.17) is 16.3 Å². The van der Waals surface area contributed by atoms with Crippen molar-refractivity contribution in [3.8, 4) is 5.75 Å². The van der Waals surface area contributed by atoms with Crippen LogP contribution in [0.4, 0.5) is 0 Å². The number of para-hydroxylation sites is 1. The van der Waals surface area contributed by atoms with E-state index in [1.165, 1.54) is 11.8 Å². The maximum absolute atomic E-state index is 13.0. The van der Waals surface area contributed by atoms with Gasteiger partial charge < -0.3 is 15.4 Å². The van der Waals surface area contributed by atoms with Gasteiger partial charge in [0, 0.05) is 22.2 Å². The van der Waals surface area contributed by atoms with Crippen LogP contribution in [-0.4, -0.2) is 28.2 Å². The Hall–Kier alpha value is -2.18. The molecule has 2 amide bonds. The normalized spacial score (nSPS) is 21.1. The van der Waals surface area contributed by atoms with E-state index in [-0.39, 0.29) is 28.5 Å². The molecule has 1 aromatic carbocycles. The first-order valence-corrected chi connectivity index (χ1v) is 11.1. The van der Waals surface area contributed by atoms with Crippen molar-refractivity contribution in [2.24, 2.45) is 5.92 Å². The van der Waals surface area contributed by atoms with Crippen molar-refractivity contribution < 1.29 is 14.3 Å². The summed E-state index contributed by atoms with van der Waals surface area (Å²) in [7, 11) is 0. The topological polar surface area (TPSA) is 67.4 Å². The number of fused-ring (bicyclic) bond motifs is 1. The molecule has 0 fully saturated rings. The highest BCUT2D eigenvalue weighted by Gasteiger charge is 2.41. The molecule has 0 aromatic heterocycles. The van der Waals surface area contributed by atoms with Crippen LogP contribution < -0.4 is 15.4 Å². The molecule has 2 unspecified atom stereocenters. The number of allylic oxidation sites excluding steroid dienone is 4. The van der Waals surface area contributed by atoms with E-state index in [2.05, 4.69) is 10.6 Å². The second-order valence-corrected chi connectivity index (χ2v) is 10.4. The van der Waals surface area contributed by atoms with Gasteiger partial charge in [0.25, 0.3) is 11.8 Å². The van der Waals surface area contributed by atoms with Crippen LogP contribution >= 0.6 is 23.4 Å². The Balaban J connectivity index is 1.71. The first-order chi connectivity index (χ1) is 14.0. The predicted molar refractivity (Wildman–Crippen MR) is 122 cm³/mol. The third kappa shape index (κ3) is 5.10. The summed E-state index contributed by atoms with van der Waals surface area (Å²) in [5.74, 6) is -0.000314. The van der Waals surface area contributed by atoms with Crippen molar-refractivity contribution in [3.63, 3.8) is 0 Å². The molecule has 2 aliphatic rings. The molecule has 1 aromatic rings. The van der Waals surface area contributed by atoms with Gasteiger partial charge >= 0.3 is 0 Å². The van der Waals surface area contributed by atoms with Crippen LogP contribution in [0.2, 0.25) is 0 Å². The number of thioether (sulfide) groups is 1. The van der Waals surface area contributed by atoms with Gasteiger partial charge in [-0.25, -0.2) is 0 Å². The number of ether oxygens (including phenoxy) is 1. The lowest BCUT2D eigenvalue weighted by atomic mass is 9.96. The summed E-state index contributed by atoms with van der Waals surface area (Å²) in [4.78, 5) is 26.1. The van der Waals surface area contributed by atoms with Crippen LogP contribution in [0, 0.1) is 5.92 Å². The van der Waals surface area contributed by atoms with Crippen LogP contribution in [0.5, 0.6) is 5.75 Å². The average molecular weight is 447 g/mol. The summed E-state index contributed by atoms with van der Waals surface area (Å²) >= 11 is 7.93. The summed E-state index contributed by atoms with van der Waals surface area (Å²) in [6, 6.07) is 9.22. The molecule has 7 heteroatoms. The third-order valence-electron chi connectivity index (χ3n) is 4.60. The summed E-state index contributed by atoms with van der Waals surface area (Å²) in [5, 5.41) is 6.28. The van der Waals surface area contributed by atoms with Crippen molar-refractivity contribution in [1.82, 2.24) is 10.6 Å². The second-order valence-electron chi connectivity index (χ2n) is 8.83. The predicted octanol–water partition coefficient (Wildman–Crippen LogP) is 4.51. The molecule has 5 nitrogen and oxygen atoms in total. The van der Waals surface area contributed by atoms with E-state index in [1.807, 2.05) is 69.3 Å². The van der Waals surface area contributed by atoms with Crippen molar-refractivity contribution in [1.29, 1.82) is 0 Å². The van der Waals surface area contributed by atoms with E-state index >= 15 is 0 Å². The first kappa shape index (κ1) is 22.5. The smallest absolute Gasteiger partial charge is 0.267 e. The van der Waals surface area contributed by atoms with Crippen LogP contribution in [0.15, 0.2) is 64.2 Å². The molecule has 160 valence electrons. The number of halogens is 1. The Bertz CT molecular complexity index is 930. The summed E-state index contributed by atoms with van der Waals surface area (Å²) < 4.78 is 5.89. The molecular formula is C23H27ClN2O3S. The highest BCUT2D eigenvalue weighted by atomic mass is 35.5. The number of hydrogen-bond acceptors (Lipinski definition) is 4. The van der Waals surface area contributed by atoms with Gasteiger partial charge in [0.15, 0.2) is 5.60 Å². The fraction of sp³-hybridized carbons (Fsp3) is 0.391. The molecule has 1 aliphatic heterocycles. The van der Waals surface area contributed by atoms with Crippen LogP contribution in [0.1, 0.15) is 34.6 Å². The minimum Gasteiger partial charge on any atom is -0.478 e. The van der Waals surface area contributed by atoms with Gasteiger partial charge in [-0.2, -0.15) is 0 Å². The molecule has 0 saturated heterocycles. The van der Waals surface area contributed by atoms with Gasteiger partial charge in [-0.1, -0.05) is 42.0 Å². The molecule has 0 bridgehead atoms. The molecular weight excluding hydrogens is 420 g/mol. The Kier molecular flexibility index (Phi) is 6.39. The van der Waals surface area contributed by atoms with E-state index in [9.17, 15) is 9.59 Å². The fourth-order valence-corrected chi connectivity index (χ4v) is 4.93. The van der Waals surface area contributed by atoms with Crippen LogP contribution in [-0.2, 0) is 9.59 Å². The zero-order chi connectivity index (χ0) is 22.1. The molecule has 3 rings (SSSR count). The van der Waals surface area contributed by atoms with Gasteiger partial charge in [-0.05, 0) is 52.8 Å². The zero-order valence-corrected chi connectivity index (χ0v) is 19.4. The SMILES string of the molecule is CC(C)(C)NC(=O)C1=C(Cl)C2C=CC=C(NC(=O)C(C)(C)Oc3ccccc3)C2S1. The number of hydrogen-bond donors (Lipinski definition) is 2. The molecule has 30 heavy (non-hydrogen) atoms. The van der Waals surface area contributed by atoms with Gasteiger partial charge in [0.05, 0.1) is 10.2 Å². The fourth-order valence-electron chi connectivity index (χ4n) is 3.14. The van der Waals surface area contributed by atoms with Crippen molar-refractivity contribution in [2.45, 2.75) is 51.0 Å². The van der Waals surface area contributed by atoms with E-state index in [0.29, 0.717) is 21.4 Å². The van der Waals surface area contributed by atoms with Gasteiger partial charge in [0.2, 0.25) is 0 Å². The number of nitrogens with one attached hydrogen (secondary N) is 2. The minimum absolute atomic E-state index is 0.157. The lowest BCUT2D eigenvalue weighted by Crippen LogP contribution is -2.47. The molecule has 0 spiro atoms. The Morgan fingerprint density at radius 3 is 2.40 bits per heavy atom. The Morgan fingerprint density at radius 1 is 1.10 bits per heavy atom. The third-order valence-corrected chi connectivity index (χ3v) is 6.59. The quantitative estimate of drug-likeness (QED) is 0.698. The summed E-state index contributed by atoms with van der Waals surface area (Å²) in [6.45, 7) is 9.22. The van der Waals surface area contributed by atoms with Crippen LogP contribution in [0.3, 0.4) is 0 Å². The lowest BCUT2D eigenvalue weighted by molar-refractivity contribution is -0.133. The number of carbonyl (C=O) groups is 2. The minimum atomic E-state index is -1.08. The average Bonchev–Trinajstić information content (AvgIpc) is 2.99. The molecule has 1 heterocycles. The van der Waals surface area contributed by atoms with Gasteiger partial charge in [0.1, 0.15) is 5.75 Å². The molecule has 2 N–H and O–H groups in total. The van der Waals surface area contributed by atoms with E-state index in [0.717, 1.165) is 0 Å². The van der Waals surface area contributed by atoms with Crippen molar-refractivity contribution in [3.05, 3.63) is 64.2 Å². The van der Waals surface area contributed by atoms with E-state index < -0.39 is 5.60 Å². The number of amides is 2. The first-order valence-electron chi connectivity index (χ1n) is 9.81. The van der Waals surface area contributed by atoms with Crippen LogP contribution in [0.25, 0.3) is 0 Å². The molecule has 0 radical (unpaired) electrons. The summed E-state index contributed by atoms with van der Waals surface area (Å²) in [5.41, 5.74) is -0.734. The molecule has 1 aliphatic carbocycles. The van der Waals surface area contributed by atoms with E-state index in [1.54, 1.807) is 13.8 Å². The van der Waals surface area contributed by atoms with Gasteiger partial charge in [-0.15, -0.1) is 11.8 Å². The maximum atomic E-state index is 13.0. The highest BCUT2D eigenvalue weighted by molar-refractivity contribution is 8.05. The lowest BCUT2D eigenvalue weighted by Gasteiger charge is -2.29. The summed E-state index contributed by atoms with van der Waals surface area (Å²) in [6.07, 6.45) is 5.66. The Labute approximate surface area is 187 Å². The second kappa shape index (κ2) is 8.52. The van der Waals surface area contributed by atoms with Crippen molar-refractivity contribution >= 4 is 35.2 Å². The highest BCUT2D eigenvalue weighted by Crippen LogP contribution is 2.48. The zero-order valence-electron chi connectivity index (χ0n) is 17.8.